The third kappa shape index (κ3) is 6.21. The second kappa shape index (κ2) is 11.1. The van der Waals surface area contributed by atoms with Crippen LogP contribution >= 0.6 is 43.2 Å². The van der Waals surface area contributed by atoms with E-state index in [1.54, 1.807) is 30.3 Å². The van der Waals surface area contributed by atoms with Crippen LogP contribution in [0, 0.1) is 0 Å². The van der Waals surface area contributed by atoms with Crippen molar-refractivity contribution in [3.05, 3.63) is 44.2 Å². The molecule has 2 saturated heterocycles. The van der Waals surface area contributed by atoms with Gasteiger partial charge in [-0.05, 0) is 62.2 Å². The summed E-state index contributed by atoms with van der Waals surface area (Å²) in [6, 6.07) is 8.22. The summed E-state index contributed by atoms with van der Waals surface area (Å²) in [4.78, 5) is 51.8. The average Bonchev–Trinajstić information content (AvgIpc) is 3.23. The highest BCUT2D eigenvalue weighted by atomic mass is 79.9. The molecule has 0 atom stereocenters. The number of carbonyl (C=O) groups is 4. The van der Waals surface area contributed by atoms with Crippen LogP contribution in [0.4, 0.5) is 10.5 Å². The fraction of sp³-hybridized carbons (Fsp3) is 0.364. The predicted octanol–water partition coefficient (Wildman–Crippen LogP) is 3.12. The van der Waals surface area contributed by atoms with E-state index in [-0.39, 0.29) is 31.2 Å². The minimum atomic E-state index is -1.22. The molecule has 186 valence electrons. The summed E-state index contributed by atoms with van der Waals surface area (Å²) < 4.78 is 12.0. The Balaban J connectivity index is 1.45. The van der Waals surface area contributed by atoms with Gasteiger partial charge in [0.15, 0.2) is 5.06 Å². The number of benzene rings is 1. The summed E-state index contributed by atoms with van der Waals surface area (Å²) in [6.45, 7) is 1.43. The largest absolute Gasteiger partial charge is 0.414 e. The monoisotopic (exact) mass is 628 g/mol. The summed E-state index contributed by atoms with van der Waals surface area (Å²) in [5.74, 6) is -0.900. The molecule has 10 nitrogen and oxygen atoms in total. The highest BCUT2D eigenvalue weighted by Gasteiger charge is 2.42. The Morgan fingerprint density at radius 1 is 1.14 bits per heavy atom. The molecule has 2 aliphatic rings. The highest BCUT2D eigenvalue weighted by molar-refractivity contribution is 9.11. The van der Waals surface area contributed by atoms with E-state index < -0.39 is 17.5 Å². The van der Waals surface area contributed by atoms with Gasteiger partial charge in [0.05, 0.1) is 15.9 Å². The molecule has 0 unspecified atom stereocenters. The molecule has 0 aliphatic carbocycles. The molecule has 0 saturated carbocycles. The number of rotatable bonds is 5. The number of nitrogens with one attached hydrogen (secondary N) is 3. The lowest BCUT2D eigenvalue weighted by Crippen LogP contribution is -2.60. The zero-order valence-corrected chi connectivity index (χ0v) is 22.4. The van der Waals surface area contributed by atoms with E-state index in [0.717, 1.165) is 3.79 Å². The molecule has 2 aromatic rings. The second-order valence-electron chi connectivity index (χ2n) is 7.99. The smallest absolute Gasteiger partial charge is 0.399 e. The zero-order chi connectivity index (χ0) is 25.0. The van der Waals surface area contributed by atoms with Crippen molar-refractivity contribution in [1.29, 1.82) is 0 Å². The number of anilines is 1. The molecule has 35 heavy (non-hydrogen) atoms. The molecule has 0 spiro atoms. The lowest BCUT2D eigenvalue weighted by molar-refractivity contribution is -0.126. The lowest BCUT2D eigenvalue weighted by Gasteiger charge is -2.35. The van der Waals surface area contributed by atoms with Crippen LogP contribution in [-0.4, -0.2) is 67.1 Å². The number of ether oxygens (including phenoxy) is 2. The number of hydrogen-bond donors (Lipinski definition) is 3. The van der Waals surface area contributed by atoms with Crippen molar-refractivity contribution in [3.63, 3.8) is 0 Å². The normalized spacial score (nSPS) is 17.3. The number of halogens is 2. The number of thiophene rings is 1. The molecule has 4 amide bonds. The van der Waals surface area contributed by atoms with E-state index in [4.69, 9.17) is 9.47 Å². The fourth-order valence-corrected chi connectivity index (χ4v) is 5.53. The van der Waals surface area contributed by atoms with Crippen molar-refractivity contribution in [2.24, 2.45) is 0 Å². The quantitative estimate of drug-likeness (QED) is 0.467. The van der Waals surface area contributed by atoms with Crippen LogP contribution in [0.3, 0.4) is 0 Å². The van der Waals surface area contributed by atoms with Gasteiger partial charge in [0.2, 0.25) is 11.8 Å². The third-order valence-electron chi connectivity index (χ3n) is 5.65. The predicted molar refractivity (Wildman–Crippen MR) is 136 cm³/mol. The maximum atomic E-state index is 13.3. The Bertz CT molecular complexity index is 1150. The van der Waals surface area contributed by atoms with Gasteiger partial charge in [0, 0.05) is 49.3 Å². The first-order valence-corrected chi connectivity index (χ1v) is 13.2. The topological polar surface area (TPSA) is 126 Å². The fourth-order valence-electron chi connectivity index (χ4n) is 3.79. The molecule has 1 aromatic heterocycles. The van der Waals surface area contributed by atoms with E-state index in [1.807, 2.05) is 0 Å². The van der Waals surface area contributed by atoms with Gasteiger partial charge in [-0.2, -0.15) is 0 Å². The van der Waals surface area contributed by atoms with Crippen LogP contribution in [0.1, 0.15) is 23.2 Å². The maximum absolute atomic E-state index is 13.3. The first-order chi connectivity index (χ1) is 16.8. The number of amides is 4. The third-order valence-corrected chi connectivity index (χ3v) is 7.80. The highest BCUT2D eigenvalue weighted by Crippen LogP contribution is 2.30. The van der Waals surface area contributed by atoms with E-state index in [0.29, 0.717) is 47.1 Å². The Labute approximate surface area is 222 Å². The summed E-state index contributed by atoms with van der Waals surface area (Å²) in [7, 11) is 0. The summed E-state index contributed by atoms with van der Waals surface area (Å²) >= 11 is 7.97. The van der Waals surface area contributed by atoms with Crippen molar-refractivity contribution >= 4 is 72.7 Å². The van der Waals surface area contributed by atoms with Gasteiger partial charge in [0.25, 0.3) is 5.91 Å². The Morgan fingerprint density at radius 2 is 1.91 bits per heavy atom. The Morgan fingerprint density at radius 3 is 2.57 bits per heavy atom. The molecular formula is C22H22Br2N4O6S. The molecule has 13 heteroatoms. The van der Waals surface area contributed by atoms with Crippen molar-refractivity contribution in [2.75, 3.05) is 38.2 Å². The summed E-state index contributed by atoms with van der Waals surface area (Å²) in [5, 5.41) is 8.64. The Hall–Kier alpha value is -2.48. The molecule has 2 aliphatic heterocycles. The van der Waals surface area contributed by atoms with Crippen LogP contribution in [0.15, 0.2) is 38.6 Å². The SMILES string of the molecule is O=C1CN(C(=O)c2ccc(NC(=O)C3(NC(=O)Oc4ccc(Br)s4)CCOCC3)cc2Br)CCN1. The minimum absolute atomic E-state index is 0.00144. The van der Waals surface area contributed by atoms with Gasteiger partial charge in [-0.3, -0.25) is 14.4 Å². The van der Waals surface area contributed by atoms with Crippen molar-refractivity contribution in [1.82, 2.24) is 15.5 Å². The van der Waals surface area contributed by atoms with Gasteiger partial charge in [-0.15, -0.1) is 0 Å². The standard InChI is InChI=1S/C22H22Br2N4O6S/c23-15-11-13(1-2-14(15)19(30)28-8-7-25-17(29)12-28)26-20(31)22(5-9-33-10-6-22)27-21(32)34-18-4-3-16(24)35-18/h1-4,11H,5-10,12H2,(H,25,29)(H,26,31)(H,27,32). The first-order valence-electron chi connectivity index (χ1n) is 10.8. The molecule has 1 aromatic carbocycles. The average molecular weight is 630 g/mol. The van der Waals surface area contributed by atoms with Crippen molar-refractivity contribution in [2.45, 2.75) is 18.4 Å². The first kappa shape index (κ1) is 25.6. The van der Waals surface area contributed by atoms with Crippen molar-refractivity contribution < 1.29 is 28.7 Å². The molecule has 4 rings (SSSR count). The van der Waals surface area contributed by atoms with Gasteiger partial charge in [-0.25, -0.2) is 4.79 Å². The number of piperazine rings is 1. The molecule has 3 heterocycles. The Kier molecular flexibility index (Phi) is 8.09. The van der Waals surface area contributed by atoms with E-state index in [1.165, 1.54) is 16.2 Å². The zero-order valence-electron chi connectivity index (χ0n) is 18.4. The van der Waals surface area contributed by atoms with Crippen LogP contribution in [0.25, 0.3) is 0 Å². The number of hydrogen-bond acceptors (Lipinski definition) is 7. The minimum Gasteiger partial charge on any atom is -0.399 e. The number of nitrogens with zero attached hydrogens (tertiary/aromatic N) is 1. The van der Waals surface area contributed by atoms with E-state index >= 15 is 0 Å². The summed E-state index contributed by atoms with van der Waals surface area (Å²) in [6.07, 6.45) is -0.183. The van der Waals surface area contributed by atoms with E-state index in [9.17, 15) is 19.2 Å². The van der Waals surface area contributed by atoms with Crippen LogP contribution in [-0.2, 0) is 14.3 Å². The van der Waals surface area contributed by atoms with Gasteiger partial charge >= 0.3 is 6.09 Å². The van der Waals surface area contributed by atoms with Crippen molar-refractivity contribution in [3.8, 4) is 5.06 Å². The maximum Gasteiger partial charge on any atom is 0.414 e. The van der Waals surface area contributed by atoms with Crippen LogP contribution in [0.2, 0.25) is 0 Å². The van der Waals surface area contributed by atoms with E-state index in [2.05, 4.69) is 47.8 Å². The number of carbonyl (C=O) groups excluding carboxylic acids is 4. The second-order valence-corrected chi connectivity index (χ2v) is 11.3. The van der Waals surface area contributed by atoms with Gasteiger partial charge < -0.3 is 30.3 Å². The molecule has 0 radical (unpaired) electrons. The molecule has 0 bridgehead atoms. The molecular weight excluding hydrogens is 608 g/mol. The lowest BCUT2D eigenvalue weighted by atomic mass is 9.89. The molecule has 3 N–H and O–H groups in total. The van der Waals surface area contributed by atoms with Crippen LogP contribution < -0.4 is 20.7 Å². The molecule has 2 fully saturated rings. The van der Waals surface area contributed by atoms with Crippen LogP contribution in [0.5, 0.6) is 5.06 Å². The van der Waals surface area contributed by atoms with Gasteiger partial charge in [0.1, 0.15) is 5.54 Å². The summed E-state index contributed by atoms with van der Waals surface area (Å²) in [5.41, 5.74) is -0.397. The van der Waals surface area contributed by atoms with Gasteiger partial charge in [-0.1, -0.05) is 11.3 Å².